The number of hydrogen-bond donors (Lipinski definition) is 4. The first-order chi connectivity index (χ1) is 14.7. The van der Waals surface area contributed by atoms with Crippen LogP contribution in [0, 0.1) is 11.8 Å². The van der Waals surface area contributed by atoms with Crippen LogP contribution in [0.5, 0.6) is 0 Å². The van der Waals surface area contributed by atoms with Crippen LogP contribution in [-0.4, -0.2) is 53.7 Å². The number of nitrogens with one attached hydrogen (secondary N) is 1. The van der Waals surface area contributed by atoms with Gasteiger partial charge in [-0.1, -0.05) is 57.4 Å². The van der Waals surface area contributed by atoms with E-state index in [2.05, 4.69) is 11.6 Å². The number of carbonyl (C=O) groups is 1. The Morgan fingerprint density at radius 1 is 1.10 bits per heavy atom. The van der Waals surface area contributed by atoms with Gasteiger partial charge in [-0.2, -0.15) is 0 Å². The van der Waals surface area contributed by atoms with Crippen molar-refractivity contribution >= 4 is 15.9 Å². The van der Waals surface area contributed by atoms with Crippen LogP contribution < -0.4 is 4.72 Å². The van der Waals surface area contributed by atoms with E-state index in [4.69, 9.17) is 0 Å². The van der Waals surface area contributed by atoms with E-state index in [1.165, 1.54) is 0 Å². The van der Waals surface area contributed by atoms with Crippen molar-refractivity contribution in [2.45, 2.75) is 96.4 Å². The summed E-state index contributed by atoms with van der Waals surface area (Å²) in [7, 11) is -3.52. The highest BCUT2D eigenvalue weighted by Gasteiger charge is 2.39. The van der Waals surface area contributed by atoms with Crippen molar-refractivity contribution < 1.29 is 28.5 Å². The molecular weight excluding hydrogens is 418 g/mol. The van der Waals surface area contributed by atoms with Crippen molar-refractivity contribution in [3.63, 3.8) is 0 Å². The third kappa shape index (κ3) is 11.3. The topological polar surface area (TPSA) is 124 Å². The second kappa shape index (κ2) is 14.8. The quantitative estimate of drug-likeness (QED) is 0.220. The zero-order chi connectivity index (χ0) is 23.3. The SMILES string of the molecule is CCCCC[C@@H](O)/C=C/[C@@H]1[C@@H](C/C=C/CCCC(=O)NS(=O)(=O)CCC)[C@@H](O)C[C@H]1O. The van der Waals surface area contributed by atoms with E-state index >= 15 is 0 Å². The summed E-state index contributed by atoms with van der Waals surface area (Å²) in [6, 6.07) is 0. The average Bonchev–Trinajstić information content (AvgIpc) is 2.95. The molecule has 4 N–H and O–H groups in total. The Morgan fingerprint density at radius 3 is 2.52 bits per heavy atom. The maximum absolute atomic E-state index is 11.7. The van der Waals surface area contributed by atoms with E-state index < -0.39 is 34.2 Å². The van der Waals surface area contributed by atoms with Crippen molar-refractivity contribution in [2.75, 3.05) is 5.75 Å². The lowest BCUT2D eigenvalue weighted by molar-refractivity contribution is -0.119. The summed E-state index contributed by atoms with van der Waals surface area (Å²) in [6.07, 6.45) is 12.2. The van der Waals surface area contributed by atoms with Crippen molar-refractivity contribution in [2.24, 2.45) is 11.8 Å². The van der Waals surface area contributed by atoms with E-state index in [0.717, 1.165) is 19.3 Å². The van der Waals surface area contributed by atoms with Crippen LogP contribution in [0.3, 0.4) is 0 Å². The number of aliphatic hydroxyl groups is 3. The highest BCUT2D eigenvalue weighted by molar-refractivity contribution is 7.90. The third-order valence-electron chi connectivity index (χ3n) is 5.67. The highest BCUT2D eigenvalue weighted by atomic mass is 32.2. The fraction of sp³-hybridized carbons (Fsp3) is 0.783. The van der Waals surface area contributed by atoms with Gasteiger partial charge in [0.2, 0.25) is 15.9 Å². The minimum Gasteiger partial charge on any atom is -0.393 e. The molecule has 1 aliphatic rings. The van der Waals surface area contributed by atoms with Crippen LogP contribution in [0.25, 0.3) is 0 Å². The molecule has 1 fully saturated rings. The van der Waals surface area contributed by atoms with Crippen LogP contribution >= 0.6 is 0 Å². The van der Waals surface area contributed by atoms with Gasteiger partial charge < -0.3 is 15.3 Å². The Balaban J connectivity index is 2.42. The second-order valence-corrected chi connectivity index (χ2v) is 10.3. The van der Waals surface area contributed by atoms with Gasteiger partial charge in [-0.15, -0.1) is 0 Å². The number of allylic oxidation sites excluding steroid dienone is 2. The monoisotopic (exact) mass is 459 g/mol. The molecule has 180 valence electrons. The second-order valence-electron chi connectivity index (χ2n) is 8.50. The molecule has 31 heavy (non-hydrogen) atoms. The minimum absolute atomic E-state index is 0.0560. The van der Waals surface area contributed by atoms with Gasteiger partial charge in [-0.3, -0.25) is 9.52 Å². The fourth-order valence-electron chi connectivity index (χ4n) is 3.96. The predicted octanol–water partition coefficient (Wildman–Crippen LogP) is 2.81. The first kappa shape index (κ1) is 27.8. The van der Waals surface area contributed by atoms with Gasteiger partial charge in [-0.25, -0.2) is 8.42 Å². The molecule has 8 heteroatoms. The summed E-state index contributed by atoms with van der Waals surface area (Å²) in [5.41, 5.74) is 0. The third-order valence-corrected chi connectivity index (χ3v) is 7.15. The molecule has 0 aromatic rings. The summed E-state index contributed by atoms with van der Waals surface area (Å²) < 4.78 is 25.2. The standard InChI is InChI=1S/C23H41NO6S/c1-3-5-8-11-18(25)14-15-20-19(21(26)17-22(20)27)12-9-6-7-10-13-23(28)24-31(29,30)16-4-2/h6,9,14-15,18-22,25-27H,3-5,7-8,10-13,16-17H2,1-2H3,(H,24,28)/b9-6+,15-14+/t18-,19-,20-,21+,22-/m1/s1. The lowest BCUT2D eigenvalue weighted by Gasteiger charge is -2.19. The van der Waals surface area contributed by atoms with Crippen LogP contribution in [-0.2, 0) is 14.8 Å². The van der Waals surface area contributed by atoms with Crippen LogP contribution in [0.15, 0.2) is 24.3 Å². The largest absolute Gasteiger partial charge is 0.393 e. The molecule has 1 rings (SSSR count). The van der Waals surface area contributed by atoms with Gasteiger partial charge >= 0.3 is 0 Å². The summed E-state index contributed by atoms with van der Waals surface area (Å²) >= 11 is 0. The Morgan fingerprint density at radius 2 is 1.84 bits per heavy atom. The Kier molecular flexibility index (Phi) is 13.3. The zero-order valence-electron chi connectivity index (χ0n) is 18.9. The molecular formula is C23H41NO6S. The number of carbonyl (C=O) groups excluding carboxylic acids is 1. The number of sulfonamides is 1. The summed E-state index contributed by atoms with van der Waals surface area (Å²) in [5, 5.41) is 30.7. The predicted molar refractivity (Wildman–Crippen MR) is 123 cm³/mol. The maximum atomic E-state index is 11.7. The summed E-state index contributed by atoms with van der Waals surface area (Å²) in [4.78, 5) is 11.7. The molecule has 0 saturated heterocycles. The molecule has 0 spiro atoms. The summed E-state index contributed by atoms with van der Waals surface area (Å²) in [6.45, 7) is 3.86. The van der Waals surface area contributed by atoms with Crippen molar-refractivity contribution in [3.8, 4) is 0 Å². The van der Waals surface area contributed by atoms with Crippen molar-refractivity contribution in [1.82, 2.24) is 4.72 Å². The molecule has 1 saturated carbocycles. The fourth-order valence-corrected chi connectivity index (χ4v) is 5.05. The van der Waals surface area contributed by atoms with Gasteiger partial charge in [0.25, 0.3) is 0 Å². The molecule has 0 aromatic carbocycles. The Labute approximate surface area is 187 Å². The molecule has 0 radical (unpaired) electrons. The molecule has 1 amide bonds. The van der Waals surface area contributed by atoms with Crippen molar-refractivity contribution in [1.29, 1.82) is 0 Å². The van der Waals surface area contributed by atoms with E-state index in [0.29, 0.717) is 38.5 Å². The molecule has 1 aliphatic carbocycles. The van der Waals surface area contributed by atoms with Crippen LogP contribution in [0.2, 0.25) is 0 Å². The zero-order valence-corrected chi connectivity index (χ0v) is 19.8. The number of unbranched alkanes of at least 4 members (excludes halogenated alkanes) is 3. The first-order valence-electron chi connectivity index (χ1n) is 11.6. The highest BCUT2D eigenvalue weighted by Crippen LogP contribution is 2.36. The molecule has 0 aliphatic heterocycles. The maximum Gasteiger partial charge on any atom is 0.234 e. The molecule has 0 unspecified atom stereocenters. The number of amides is 1. The van der Waals surface area contributed by atoms with Gasteiger partial charge in [-0.05, 0) is 38.0 Å². The smallest absolute Gasteiger partial charge is 0.234 e. The van der Waals surface area contributed by atoms with E-state index in [9.17, 15) is 28.5 Å². The number of aliphatic hydroxyl groups excluding tert-OH is 3. The lowest BCUT2D eigenvalue weighted by atomic mass is 9.89. The molecule has 0 heterocycles. The normalized spacial score (nSPS) is 25.5. The molecule has 0 bridgehead atoms. The van der Waals surface area contributed by atoms with Gasteiger partial charge in [0.15, 0.2) is 0 Å². The van der Waals surface area contributed by atoms with Gasteiger partial charge in [0.05, 0.1) is 24.1 Å². The first-order valence-corrected chi connectivity index (χ1v) is 13.3. The molecule has 7 nitrogen and oxygen atoms in total. The summed E-state index contributed by atoms with van der Waals surface area (Å²) in [5.74, 6) is -0.860. The van der Waals surface area contributed by atoms with Crippen molar-refractivity contribution in [3.05, 3.63) is 24.3 Å². The van der Waals surface area contributed by atoms with E-state index in [1.807, 2.05) is 18.2 Å². The number of hydrogen-bond acceptors (Lipinski definition) is 6. The lowest BCUT2D eigenvalue weighted by Crippen LogP contribution is -2.32. The average molecular weight is 460 g/mol. The van der Waals surface area contributed by atoms with Gasteiger partial charge in [0, 0.05) is 18.8 Å². The Bertz CT molecular complexity index is 676. The molecule has 5 atom stereocenters. The minimum atomic E-state index is -3.52. The molecule has 0 aromatic heterocycles. The van der Waals surface area contributed by atoms with Gasteiger partial charge in [0.1, 0.15) is 0 Å². The van der Waals surface area contributed by atoms with E-state index in [1.54, 1.807) is 13.0 Å². The van der Waals surface area contributed by atoms with E-state index in [-0.39, 0.29) is 24.0 Å². The number of rotatable bonds is 15. The van der Waals surface area contributed by atoms with Crippen LogP contribution in [0.1, 0.15) is 78.1 Å². The van der Waals surface area contributed by atoms with Crippen LogP contribution in [0.4, 0.5) is 0 Å². The Hall–Kier alpha value is -1.22.